The van der Waals surface area contributed by atoms with Crippen molar-refractivity contribution in [3.05, 3.63) is 30.1 Å². The molecule has 0 unspecified atom stereocenters. The van der Waals surface area contributed by atoms with Gasteiger partial charge < -0.3 is 15.0 Å². The van der Waals surface area contributed by atoms with E-state index in [0.717, 1.165) is 12.8 Å². The summed E-state index contributed by atoms with van der Waals surface area (Å²) in [6.45, 7) is 2.00. The van der Waals surface area contributed by atoms with E-state index in [0.29, 0.717) is 25.7 Å². The van der Waals surface area contributed by atoms with E-state index < -0.39 is 16.6 Å². The van der Waals surface area contributed by atoms with Crippen LogP contribution in [0.3, 0.4) is 0 Å². The molecule has 1 N–H and O–H groups in total. The van der Waals surface area contributed by atoms with E-state index in [9.17, 15) is 13.4 Å². The van der Waals surface area contributed by atoms with Crippen molar-refractivity contribution in [3.8, 4) is 0 Å². The van der Waals surface area contributed by atoms with Crippen LogP contribution in [0.2, 0.25) is 0 Å². The quantitative estimate of drug-likeness (QED) is 0.888. The molecule has 126 valence electrons. The number of nitrogens with one attached hydrogen (secondary N) is 1. The van der Waals surface area contributed by atoms with Crippen molar-refractivity contribution in [3.63, 3.8) is 0 Å². The van der Waals surface area contributed by atoms with Gasteiger partial charge in [-0.05, 0) is 30.9 Å². The Hall–Kier alpha value is -1.47. The highest BCUT2D eigenvalue weighted by molar-refractivity contribution is 7.85. The van der Waals surface area contributed by atoms with Crippen LogP contribution in [0.5, 0.6) is 0 Å². The van der Waals surface area contributed by atoms with Gasteiger partial charge in [0.15, 0.2) is 0 Å². The molecule has 2 fully saturated rings. The summed E-state index contributed by atoms with van der Waals surface area (Å²) in [5, 5.41) is 2.80. The molecule has 0 bridgehead atoms. The molecule has 7 heteroatoms. The number of urea groups is 1. The van der Waals surface area contributed by atoms with Gasteiger partial charge >= 0.3 is 6.03 Å². The number of benzene rings is 1. The van der Waals surface area contributed by atoms with Gasteiger partial charge in [0.25, 0.3) is 0 Å². The second-order valence-corrected chi connectivity index (χ2v) is 7.42. The number of nitrogens with zero attached hydrogens (tertiary/aromatic N) is 1. The standard InChI is InChI=1S/C16H21FN2O3S/c17-13-3-1-2-4-15(13)23(21)10-7-18-16(20)19-8-9-22-11-14(19)12-5-6-12/h1-4,12,14H,5-11H2,(H,18,20)/t14-,23+/m0/s1. The minimum absolute atomic E-state index is 0.143. The van der Waals surface area contributed by atoms with Crippen LogP contribution >= 0.6 is 0 Å². The molecule has 1 aromatic rings. The molecule has 3 rings (SSSR count). The fourth-order valence-corrected chi connectivity index (χ4v) is 3.86. The first-order valence-electron chi connectivity index (χ1n) is 7.92. The molecule has 1 aliphatic carbocycles. The zero-order chi connectivity index (χ0) is 16.2. The third-order valence-electron chi connectivity index (χ3n) is 4.24. The Balaban J connectivity index is 1.49. The van der Waals surface area contributed by atoms with Crippen LogP contribution in [-0.2, 0) is 15.5 Å². The first-order chi connectivity index (χ1) is 11.2. The van der Waals surface area contributed by atoms with Crippen LogP contribution in [0.15, 0.2) is 29.2 Å². The van der Waals surface area contributed by atoms with Gasteiger partial charge in [0.1, 0.15) is 5.82 Å². The molecule has 2 atom stereocenters. The maximum atomic E-state index is 13.6. The molecule has 0 spiro atoms. The van der Waals surface area contributed by atoms with Gasteiger partial charge in [-0.3, -0.25) is 4.21 Å². The number of hydrogen-bond acceptors (Lipinski definition) is 3. The molecule has 0 aromatic heterocycles. The number of hydrogen-bond donors (Lipinski definition) is 1. The summed E-state index contributed by atoms with van der Waals surface area (Å²) in [4.78, 5) is 14.3. The Kier molecular flexibility index (Phi) is 5.27. The zero-order valence-corrected chi connectivity index (χ0v) is 13.7. The molecule has 1 aromatic carbocycles. The fraction of sp³-hybridized carbons (Fsp3) is 0.562. The maximum Gasteiger partial charge on any atom is 0.317 e. The molecule has 1 saturated carbocycles. The lowest BCUT2D eigenvalue weighted by molar-refractivity contribution is 0.00484. The molecule has 0 radical (unpaired) electrons. The minimum atomic E-state index is -1.45. The summed E-state index contributed by atoms with van der Waals surface area (Å²) < 4.78 is 31.1. The lowest BCUT2D eigenvalue weighted by Gasteiger charge is -2.35. The third-order valence-corrected chi connectivity index (χ3v) is 5.63. The fourth-order valence-electron chi connectivity index (χ4n) is 2.84. The second-order valence-electron chi connectivity index (χ2n) is 5.89. The lowest BCUT2D eigenvalue weighted by atomic mass is 10.1. The van der Waals surface area contributed by atoms with Gasteiger partial charge in [0, 0.05) is 18.8 Å². The highest BCUT2D eigenvalue weighted by Crippen LogP contribution is 2.36. The van der Waals surface area contributed by atoms with Gasteiger partial charge in [-0.25, -0.2) is 9.18 Å². The SMILES string of the molecule is O=C(NCC[S@@](=O)c1ccccc1F)N1CCOC[C@H]1C1CC1. The van der Waals surface area contributed by atoms with E-state index >= 15 is 0 Å². The summed E-state index contributed by atoms with van der Waals surface area (Å²) in [6, 6.07) is 6.03. The second kappa shape index (κ2) is 7.40. The van der Waals surface area contributed by atoms with Crippen molar-refractivity contribution in [1.82, 2.24) is 10.2 Å². The summed E-state index contributed by atoms with van der Waals surface area (Å²) in [5.74, 6) is 0.276. The van der Waals surface area contributed by atoms with E-state index in [2.05, 4.69) is 5.32 Å². The Labute approximate surface area is 137 Å². The van der Waals surface area contributed by atoms with Crippen LogP contribution in [0.1, 0.15) is 12.8 Å². The predicted octanol–water partition coefficient (Wildman–Crippen LogP) is 1.75. The van der Waals surface area contributed by atoms with Crippen LogP contribution in [0.4, 0.5) is 9.18 Å². The van der Waals surface area contributed by atoms with Gasteiger partial charge in [0.05, 0.1) is 35.0 Å². The lowest BCUT2D eigenvalue weighted by Crippen LogP contribution is -2.53. The minimum Gasteiger partial charge on any atom is -0.377 e. The van der Waals surface area contributed by atoms with Gasteiger partial charge in [-0.1, -0.05) is 12.1 Å². The van der Waals surface area contributed by atoms with Gasteiger partial charge in [-0.15, -0.1) is 0 Å². The van der Waals surface area contributed by atoms with Gasteiger partial charge in [0.2, 0.25) is 0 Å². The van der Waals surface area contributed by atoms with E-state index in [-0.39, 0.29) is 29.3 Å². The van der Waals surface area contributed by atoms with Crippen molar-refractivity contribution in [2.24, 2.45) is 5.92 Å². The Morgan fingerprint density at radius 2 is 2.17 bits per heavy atom. The average molecular weight is 340 g/mol. The molecule has 2 aliphatic rings. The Bertz CT molecular complexity index is 594. The summed E-state index contributed by atoms with van der Waals surface area (Å²) in [7, 11) is -1.45. The first-order valence-corrected chi connectivity index (χ1v) is 9.24. The highest BCUT2D eigenvalue weighted by Gasteiger charge is 2.39. The number of rotatable bonds is 5. The molecule has 1 aliphatic heterocycles. The van der Waals surface area contributed by atoms with Crippen molar-refractivity contribution in [1.29, 1.82) is 0 Å². The molecular weight excluding hydrogens is 319 g/mol. The Morgan fingerprint density at radius 1 is 1.39 bits per heavy atom. The number of ether oxygens (including phenoxy) is 1. The van der Waals surface area contributed by atoms with Crippen LogP contribution in [0, 0.1) is 11.7 Å². The largest absolute Gasteiger partial charge is 0.377 e. The van der Waals surface area contributed by atoms with Gasteiger partial charge in [-0.2, -0.15) is 0 Å². The monoisotopic (exact) mass is 340 g/mol. The molecule has 2 amide bonds. The molecule has 1 saturated heterocycles. The van der Waals surface area contributed by atoms with E-state index in [1.807, 2.05) is 4.90 Å². The van der Waals surface area contributed by atoms with Crippen molar-refractivity contribution >= 4 is 16.8 Å². The van der Waals surface area contributed by atoms with E-state index in [1.165, 1.54) is 12.1 Å². The maximum absolute atomic E-state index is 13.6. The third kappa shape index (κ3) is 4.09. The van der Waals surface area contributed by atoms with Crippen molar-refractivity contribution in [2.75, 3.05) is 32.1 Å². The zero-order valence-electron chi connectivity index (χ0n) is 12.9. The molecular formula is C16H21FN2O3S. The predicted molar refractivity (Wildman–Crippen MR) is 85.1 cm³/mol. The van der Waals surface area contributed by atoms with Crippen LogP contribution < -0.4 is 5.32 Å². The van der Waals surface area contributed by atoms with E-state index in [1.54, 1.807) is 12.1 Å². The van der Waals surface area contributed by atoms with Crippen molar-refractivity contribution in [2.45, 2.75) is 23.8 Å². The summed E-state index contributed by atoms with van der Waals surface area (Å²) in [5.41, 5.74) is 0. The summed E-state index contributed by atoms with van der Waals surface area (Å²) in [6.07, 6.45) is 2.30. The normalized spacial score (nSPS) is 22.7. The number of carbonyl (C=O) groups is 1. The number of halogens is 1. The number of carbonyl (C=O) groups excluding carboxylic acids is 1. The molecule has 1 heterocycles. The van der Waals surface area contributed by atoms with Crippen LogP contribution in [0.25, 0.3) is 0 Å². The number of amides is 2. The Morgan fingerprint density at radius 3 is 2.91 bits per heavy atom. The van der Waals surface area contributed by atoms with E-state index in [4.69, 9.17) is 4.74 Å². The molecule has 23 heavy (non-hydrogen) atoms. The van der Waals surface area contributed by atoms with Crippen molar-refractivity contribution < 1.29 is 18.1 Å². The highest BCUT2D eigenvalue weighted by atomic mass is 32.2. The smallest absolute Gasteiger partial charge is 0.317 e. The van der Waals surface area contributed by atoms with Crippen LogP contribution in [-0.4, -0.2) is 53.2 Å². The number of morpholine rings is 1. The average Bonchev–Trinajstić information content (AvgIpc) is 3.40. The topological polar surface area (TPSA) is 58.6 Å². The molecule has 5 nitrogen and oxygen atoms in total. The first kappa shape index (κ1) is 16.4. The summed E-state index contributed by atoms with van der Waals surface area (Å²) >= 11 is 0.